The molecule has 0 saturated carbocycles. The predicted molar refractivity (Wildman–Crippen MR) is 64.8 cm³/mol. The smallest absolute Gasteiger partial charge is 0.134 e. The molecule has 2 aromatic rings. The lowest BCUT2D eigenvalue weighted by atomic mass is 10.2. The summed E-state index contributed by atoms with van der Waals surface area (Å²) in [6.07, 6.45) is 1.68. The maximum absolute atomic E-state index is 13.6. The van der Waals surface area contributed by atoms with Crippen LogP contribution >= 0.6 is 38.9 Å². The van der Waals surface area contributed by atoms with Crippen LogP contribution in [0.4, 0.5) is 4.39 Å². The first kappa shape index (κ1) is 11.0. The molecule has 0 bridgehead atoms. The predicted octanol–water partition coefficient (Wildman–Crippen LogP) is 4.45. The van der Waals surface area contributed by atoms with Gasteiger partial charge in [-0.15, -0.1) is 22.9 Å². The van der Waals surface area contributed by atoms with Crippen LogP contribution < -0.4 is 0 Å². The highest BCUT2D eigenvalue weighted by atomic mass is 79.9. The SMILES string of the molecule is Fc1cc(Br)ccc1-c1ncc(CCl)s1. The lowest BCUT2D eigenvalue weighted by Crippen LogP contribution is -1.82. The van der Waals surface area contributed by atoms with Crippen molar-refractivity contribution in [3.05, 3.63) is 39.6 Å². The van der Waals surface area contributed by atoms with Crippen LogP contribution in [0, 0.1) is 5.82 Å². The fourth-order valence-corrected chi connectivity index (χ4v) is 2.51. The summed E-state index contributed by atoms with van der Waals surface area (Å²) in [5.74, 6) is 0.135. The number of halogens is 3. The molecule has 0 fully saturated rings. The average Bonchev–Trinajstić information content (AvgIpc) is 2.66. The van der Waals surface area contributed by atoms with Crippen molar-refractivity contribution in [2.45, 2.75) is 5.88 Å². The molecule has 0 unspecified atom stereocenters. The van der Waals surface area contributed by atoms with Crippen molar-refractivity contribution in [1.82, 2.24) is 4.98 Å². The zero-order chi connectivity index (χ0) is 10.8. The van der Waals surface area contributed by atoms with Gasteiger partial charge in [0.2, 0.25) is 0 Å². The molecule has 0 saturated heterocycles. The van der Waals surface area contributed by atoms with Crippen molar-refractivity contribution in [3.8, 4) is 10.6 Å². The Kier molecular flexibility index (Phi) is 3.38. The van der Waals surface area contributed by atoms with E-state index in [4.69, 9.17) is 11.6 Å². The topological polar surface area (TPSA) is 12.9 Å². The highest BCUT2D eigenvalue weighted by molar-refractivity contribution is 9.10. The third-order valence-electron chi connectivity index (χ3n) is 1.85. The Morgan fingerprint density at radius 1 is 1.47 bits per heavy atom. The van der Waals surface area contributed by atoms with Crippen molar-refractivity contribution < 1.29 is 4.39 Å². The number of alkyl halides is 1. The number of aromatic nitrogens is 1. The molecule has 0 atom stereocenters. The first-order valence-corrected chi connectivity index (χ1v) is 6.31. The quantitative estimate of drug-likeness (QED) is 0.747. The molecule has 78 valence electrons. The second-order valence-electron chi connectivity index (χ2n) is 2.89. The van der Waals surface area contributed by atoms with Gasteiger partial charge in [0.05, 0.1) is 5.88 Å². The zero-order valence-corrected chi connectivity index (χ0v) is 10.7. The minimum atomic E-state index is -0.278. The van der Waals surface area contributed by atoms with Gasteiger partial charge in [-0.25, -0.2) is 9.37 Å². The summed E-state index contributed by atoms with van der Waals surface area (Å²) in [4.78, 5) is 5.07. The minimum Gasteiger partial charge on any atom is -0.244 e. The van der Waals surface area contributed by atoms with Crippen LogP contribution in [0.3, 0.4) is 0 Å². The molecule has 1 nitrogen and oxygen atoms in total. The van der Waals surface area contributed by atoms with Gasteiger partial charge < -0.3 is 0 Å². The third kappa shape index (κ3) is 2.38. The Morgan fingerprint density at radius 2 is 2.27 bits per heavy atom. The number of hydrogen-bond donors (Lipinski definition) is 0. The molecule has 1 aromatic carbocycles. The molecule has 1 heterocycles. The molecule has 0 N–H and O–H groups in total. The van der Waals surface area contributed by atoms with Crippen molar-refractivity contribution in [2.75, 3.05) is 0 Å². The van der Waals surface area contributed by atoms with Gasteiger partial charge in [0.25, 0.3) is 0 Å². The molecular formula is C10H6BrClFNS. The van der Waals surface area contributed by atoms with Gasteiger partial charge in [0.15, 0.2) is 0 Å². The molecule has 15 heavy (non-hydrogen) atoms. The van der Waals surface area contributed by atoms with Gasteiger partial charge in [-0.1, -0.05) is 15.9 Å². The fourth-order valence-electron chi connectivity index (χ4n) is 1.16. The summed E-state index contributed by atoms with van der Waals surface area (Å²) in [5.41, 5.74) is 0.513. The molecule has 0 aliphatic rings. The summed E-state index contributed by atoms with van der Waals surface area (Å²) < 4.78 is 14.3. The molecule has 5 heteroatoms. The van der Waals surface area contributed by atoms with E-state index in [0.717, 1.165) is 9.35 Å². The third-order valence-corrected chi connectivity index (χ3v) is 3.82. The van der Waals surface area contributed by atoms with Crippen LogP contribution in [0.5, 0.6) is 0 Å². The molecule has 0 spiro atoms. The van der Waals surface area contributed by atoms with Crippen molar-refractivity contribution in [2.24, 2.45) is 0 Å². The number of benzene rings is 1. The van der Waals surface area contributed by atoms with E-state index >= 15 is 0 Å². The van der Waals surface area contributed by atoms with E-state index in [1.165, 1.54) is 17.4 Å². The van der Waals surface area contributed by atoms with Gasteiger partial charge in [0, 0.05) is 21.1 Å². The van der Waals surface area contributed by atoms with Gasteiger partial charge in [-0.05, 0) is 18.2 Å². The Hall–Kier alpha value is -0.450. The van der Waals surface area contributed by atoms with Crippen molar-refractivity contribution in [3.63, 3.8) is 0 Å². The molecule has 1 aromatic heterocycles. The maximum Gasteiger partial charge on any atom is 0.134 e. The highest BCUT2D eigenvalue weighted by Crippen LogP contribution is 2.29. The summed E-state index contributed by atoms with van der Waals surface area (Å²) in [6, 6.07) is 4.92. The van der Waals surface area contributed by atoms with Crippen LogP contribution in [-0.2, 0) is 5.88 Å². The first-order chi connectivity index (χ1) is 7.20. The summed E-state index contributed by atoms with van der Waals surface area (Å²) >= 11 is 10.3. The van der Waals surface area contributed by atoms with Crippen LogP contribution in [0.15, 0.2) is 28.9 Å². The lowest BCUT2D eigenvalue weighted by molar-refractivity contribution is 0.630. The molecule has 0 aliphatic carbocycles. The van der Waals surface area contributed by atoms with Gasteiger partial charge >= 0.3 is 0 Å². The number of nitrogens with zero attached hydrogens (tertiary/aromatic N) is 1. The Labute approximate surface area is 104 Å². The second kappa shape index (κ2) is 4.60. The molecular weight excluding hydrogens is 301 g/mol. The number of rotatable bonds is 2. The number of hydrogen-bond acceptors (Lipinski definition) is 2. The second-order valence-corrected chi connectivity index (χ2v) is 5.19. The minimum absolute atomic E-state index is 0.278. The van der Waals surface area contributed by atoms with E-state index in [-0.39, 0.29) is 5.82 Å². The zero-order valence-electron chi connectivity index (χ0n) is 7.51. The number of thiazole rings is 1. The molecule has 0 aliphatic heterocycles. The Balaban J connectivity index is 2.44. The van der Waals surface area contributed by atoms with Gasteiger partial charge in [-0.3, -0.25) is 0 Å². The van der Waals surface area contributed by atoms with Crippen molar-refractivity contribution >= 4 is 38.9 Å². The average molecular weight is 307 g/mol. The van der Waals surface area contributed by atoms with E-state index < -0.39 is 0 Å². The van der Waals surface area contributed by atoms with E-state index in [9.17, 15) is 4.39 Å². The van der Waals surface area contributed by atoms with Crippen LogP contribution in [0.25, 0.3) is 10.6 Å². The van der Waals surface area contributed by atoms with E-state index in [0.29, 0.717) is 16.5 Å². The lowest BCUT2D eigenvalue weighted by Gasteiger charge is -1.98. The van der Waals surface area contributed by atoms with E-state index in [2.05, 4.69) is 20.9 Å². The van der Waals surface area contributed by atoms with Crippen LogP contribution in [0.1, 0.15) is 4.88 Å². The Bertz CT molecular complexity index is 486. The summed E-state index contributed by atoms with van der Waals surface area (Å²) in [7, 11) is 0. The van der Waals surface area contributed by atoms with E-state index in [1.807, 2.05) is 0 Å². The molecule has 0 amide bonds. The van der Waals surface area contributed by atoms with Gasteiger partial charge in [0.1, 0.15) is 10.8 Å². The van der Waals surface area contributed by atoms with Crippen LogP contribution in [0.2, 0.25) is 0 Å². The maximum atomic E-state index is 13.6. The summed E-state index contributed by atoms with van der Waals surface area (Å²) in [5, 5.41) is 0.663. The normalized spacial score (nSPS) is 10.6. The summed E-state index contributed by atoms with van der Waals surface area (Å²) in [6.45, 7) is 0. The fraction of sp³-hybridized carbons (Fsp3) is 0.100. The Morgan fingerprint density at radius 3 is 2.87 bits per heavy atom. The largest absolute Gasteiger partial charge is 0.244 e. The molecule has 0 radical (unpaired) electrons. The van der Waals surface area contributed by atoms with Crippen LogP contribution in [-0.4, -0.2) is 4.98 Å². The first-order valence-electron chi connectivity index (χ1n) is 4.17. The standard InChI is InChI=1S/C10H6BrClFNS/c11-6-1-2-8(9(13)3-6)10-14-5-7(4-12)15-10/h1-3,5H,4H2. The van der Waals surface area contributed by atoms with Crippen molar-refractivity contribution in [1.29, 1.82) is 0 Å². The van der Waals surface area contributed by atoms with Gasteiger partial charge in [-0.2, -0.15) is 0 Å². The van der Waals surface area contributed by atoms with E-state index in [1.54, 1.807) is 18.3 Å². The highest BCUT2D eigenvalue weighted by Gasteiger charge is 2.09. The molecule has 2 rings (SSSR count). The monoisotopic (exact) mass is 305 g/mol.